The molecule has 134 valence electrons. The van der Waals surface area contributed by atoms with Gasteiger partial charge in [-0.3, -0.25) is 9.50 Å². The van der Waals surface area contributed by atoms with Gasteiger partial charge in [0.2, 0.25) is 0 Å². The predicted molar refractivity (Wildman–Crippen MR) is 106 cm³/mol. The van der Waals surface area contributed by atoms with Gasteiger partial charge in [0.25, 0.3) is 0 Å². The van der Waals surface area contributed by atoms with Gasteiger partial charge in [-0.2, -0.15) is 21.2 Å². The molecule has 0 bridgehead atoms. The van der Waals surface area contributed by atoms with E-state index in [0.29, 0.717) is 5.82 Å². The normalized spacial score (nSPS) is 11.3. The van der Waals surface area contributed by atoms with Crippen LogP contribution in [0.4, 0.5) is 10.8 Å². The highest BCUT2D eigenvalue weighted by Crippen LogP contribution is 2.27. The number of aromatic nitrogens is 6. The molecule has 26 heavy (non-hydrogen) atoms. The zero-order valence-electron chi connectivity index (χ0n) is 14.1. The Labute approximate surface area is 158 Å². The van der Waals surface area contributed by atoms with Gasteiger partial charge in [-0.15, -0.1) is 0 Å². The van der Waals surface area contributed by atoms with Crippen molar-refractivity contribution >= 4 is 39.8 Å². The average Bonchev–Trinajstić information content (AvgIpc) is 3.39. The topological polar surface area (TPSA) is 95.8 Å². The molecule has 0 aliphatic heterocycles. The minimum absolute atomic E-state index is 0.709. The second-order valence-corrected chi connectivity index (χ2v) is 7.47. The molecule has 0 aliphatic rings. The smallest absolute Gasteiger partial charge is 0.180 e. The first-order chi connectivity index (χ1) is 12.8. The number of fused-ring (bicyclic) bond motifs is 1. The molecule has 4 aromatic heterocycles. The highest BCUT2D eigenvalue weighted by atomic mass is 32.2. The van der Waals surface area contributed by atoms with Crippen LogP contribution in [0.25, 0.3) is 16.9 Å². The Morgan fingerprint density at radius 1 is 1.31 bits per heavy atom. The van der Waals surface area contributed by atoms with Gasteiger partial charge in [0.05, 0.1) is 23.8 Å². The van der Waals surface area contributed by atoms with Crippen molar-refractivity contribution in [1.82, 2.24) is 34.3 Å². The molecule has 8 nitrogen and oxygen atoms in total. The van der Waals surface area contributed by atoms with Crippen molar-refractivity contribution in [3.63, 3.8) is 0 Å². The van der Waals surface area contributed by atoms with E-state index < -0.39 is 0 Å². The van der Waals surface area contributed by atoms with Crippen LogP contribution in [0.15, 0.2) is 37.1 Å². The van der Waals surface area contributed by atoms with Gasteiger partial charge >= 0.3 is 0 Å². The molecule has 0 fully saturated rings. The summed E-state index contributed by atoms with van der Waals surface area (Å²) in [5, 5.41) is 14.3. The number of rotatable bonds is 8. The summed E-state index contributed by atoms with van der Waals surface area (Å²) in [6.45, 7) is 1.00. The summed E-state index contributed by atoms with van der Waals surface area (Å²) >= 11 is 3.31. The van der Waals surface area contributed by atoms with Crippen molar-refractivity contribution in [3.05, 3.63) is 42.7 Å². The maximum atomic E-state index is 4.52. The molecular weight excluding hydrogens is 368 g/mol. The quantitative estimate of drug-likeness (QED) is 0.401. The van der Waals surface area contributed by atoms with Crippen molar-refractivity contribution in [2.75, 3.05) is 24.7 Å². The third-order valence-corrected chi connectivity index (χ3v) is 5.50. The van der Waals surface area contributed by atoms with Crippen molar-refractivity contribution in [2.45, 2.75) is 5.75 Å². The number of imidazole rings is 1. The minimum atomic E-state index is 0.709. The van der Waals surface area contributed by atoms with E-state index >= 15 is 0 Å². The second-order valence-electron chi connectivity index (χ2n) is 5.56. The van der Waals surface area contributed by atoms with Gasteiger partial charge in [-0.1, -0.05) is 0 Å². The fourth-order valence-electron chi connectivity index (χ4n) is 2.52. The molecule has 4 aromatic rings. The molecule has 4 heterocycles. The number of hydrogen-bond donors (Lipinski definition) is 3. The lowest BCUT2D eigenvalue weighted by molar-refractivity contribution is 0.871. The largest absolute Gasteiger partial charge is 0.328 e. The third-order valence-electron chi connectivity index (χ3n) is 3.77. The Morgan fingerprint density at radius 3 is 3.12 bits per heavy atom. The molecule has 0 aliphatic carbocycles. The Hall–Kier alpha value is -2.43. The molecule has 10 heteroatoms. The minimum Gasteiger partial charge on any atom is -0.328 e. The zero-order chi connectivity index (χ0) is 17.8. The van der Waals surface area contributed by atoms with Crippen LogP contribution >= 0.6 is 23.3 Å². The first-order valence-corrected chi connectivity index (χ1v) is 10.0. The van der Waals surface area contributed by atoms with Crippen molar-refractivity contribution in [3.8, 4) is 11.3 Å². The highest BCUT2D eigenvalue weighted by molar-refractivity contribution is 7.98. The molecule has 0 aromatic carbocycles. The van der Waals surface area contributed by atoms with Crippen molar-refractivity contribution in [1.29, 1.82) is 0 Å². The number of nitrogens with one attached hydrogen (secondary N) is 3. The molecule has 4 rings (SSSR count). The summed E-state index contributed by atoms with van der Waals surface area (Å²) in [7, 11) is 1.96. The Morgan fingerprint density at radius 2 is 2.27 bits per heavy atom. The first-order valence-electron chi connectivity index (χ1n) is 8.11. The SMILES string of the molecule is CNCCSCc1cc(Nc2nccn3c(-c4cn[nH]c4)cnc23)sn1. The van der Waals surface area contributed by atoms with Crippen molar-refractivity contribution in [2.24, 2.45) is 0 Å². The Bertz CT molecular complexity index is 975. The molecule has 0 saturated heterocycles. The van der Waals surface area contributed by atoms with Gasteiger partial charge in [0.15, 0.2) is 11.5 Å². The van der Waals surface area contributed by atoms with Crippen LogP contribution in [0, 0.1) is 0 Å². The van der Waals surface area contributed by atoms with E-state index in [9.17, 15) is 0 Å². The first kappa shape index (κ1) is 17.0. The zero-order valence-corrected chi connectivity index (χ0v) is 15.8. The van der Waals surface area contributed by atoms with E-state index in [-0.39, 0.29) is 0 Å². The van der Waals surface area contributed by atoms with Crippen LogP contribution in [0.1, 0.15) is 5.69 Å². The van der Waals surface area contributed by atoms with Crippen LogP contribution in [0.5, 0.6) is 0 Å². The molecule has 0 spiro atoms. The van der Waals surface area contributed by atoms with Crippen LogP contribution in [-0.4, -0.2) is 48.3 Å². The van der Waals surface area contributed by atoms with Gasteiger partial charge in [-0.05, 0) is 24.6 Å². The molecule has 0 radical (unpaired) electrons. The fourth-order valence-corrected chi connectivity index (χ4v) is 4.11. The number of hydrogen-bond acceptors (Lipinski definition) is 8. The van der Waals surface area contributed by atoms with Gasteiger partial charge in [-0.25, -0.2) is 9.97 Å². The summed E-state index contributed by atoms with van der Waals surface area (Å²) in [4.78, 5) is 8.96. The lowest BCUT2D eigenvalue weighted by Gasteiger charge is -2.04. The fraction of sp³-hybridized carbons (Fsp3) is 0.250. The number of nitrogens with zero attached hydrogens (tertiary/aromatic N) is 5. The lowest BCUT2D eigenvalue weighted by atomic mass is 10.3. The Kier molecular flexibility index (Phi) is 5.14. The predicted octanol–water partition coefficient (Wildman–Crippen LogP) is 2.77. The molecule has 3 N–H and O–H groups in total. The average molecular weight is 387 g/mol. The molecule has 0 unspecified atom stereocenters. The van der Waals surface area contributed by atoms with Crippen molar-refractivity contribution < 1.29 is 0 Å². The highest BCUT2D eigenvalue weighted by Gasteiger charge is 2.12. The van der Waals surface area contributed by atoms with Crippen LogP contribution in [-0.2, 0) is 5.75 Å². The van der Waals surface area contributed by atoms with E-state index in [1.165, 1.54) is 11.5 Å². The van der Waals surface area contributed by atoms with E-state index in [1.807, 2.05) is 41.8 Å². The monoisotopic (exact) mass is 386 g/mol. The van der Waals surface area contributed by atoms with E-state index in [1.54, 1.807) is 12.4 Å². The van der Waals surface area contributed by atoms with Crippen LogP contribution in [0.2, 0.25) is 0 Å². The van der Waals surface area contributed by atoms with E-state index in [2.05, 4.69) is 41.2 Å². The number of thioether (sulfide) groups is 1. The van der Waals surface area contributed by atoms with Crippen LogP contribution in [0.3, 0.4) is 0 Å². The van der Waals surface area contributed by atoms with Gasteiger partial charge in [0.1, 0.15) is 5.00 Å². The number of anilines is 2. The number of H-pyrrole nitrogens is 1. The standard InChI is InChI=1S/C16H18N8S2/c1-17-3-5-25-10-12-6-14(26-23-12)22-15-16-19-9-13(11-7-20-21-8-11)24(16)4-2-18-15/h2,4,6-9,17H,3,5,10H2,1H3,(H,18,22)(H,20,21). The summed E-state index contributed by atoms with van der Waals surface area (Å²) in [5.41, 5.74) is 3.79. The van der Waals surface area contributed by atoms with Gasteiger partial charge < -0.3 is 10.6 Å². The van der Waals surface area contributed by atoms with E-state index in [4.69, 9.17) is 0 Å². The summed E-state index contributed by atoms with van der Waals surface area (Å²) < 4.78 is 6.50. The second kappa shape index (κ2) is 7.85. The summed E-state index contributed by atoms with van der Waals surface area (Å²) in [6.07, 6.45) is 9.10. The van der Waals surface area contributed by atoms with Crippen LogP contribution < -0.4 is 10.6 Å². The maximum absolute atomic E-state index is 4.52. The van der Waals surface area contributed by atoms with Gasteiger partial charge in [0, 0.05) is 42.2 Å². The molecular formula is C16H18N8S2. The third kappa shape index (κ3) is 3.57. The number of aromatic amines is 1. The molecule has 0 saturated carbocycles. The summed E-state index contributed by atoms with van der Waals surface area (Å²) in [6, 6.07) is 2.07. The summed E-state index contributed by atoms with van der Waals surface area (Å²) in [5.74, 6) is 2.69. The molecule has 0 atom stereocenters. The molecule has 0 amide bonds. The maximum Gasteiger partial charge on any atom is 0.180 e. The van der Waals surface area contributed by atoms with E-state index in [0.717, 1.165) is 45.7 Å². The Balaban J connectivity index is 1.52. The lowest BCUT2D eigenvalue weighted by Crippen LogP contribution is -2.09.